The molecule has 0 bridgehead atoms. The highest BCUT2D eigenvalue weighted by Gasteiger charge is 2.29. The van der Waals surface area contributed by atoms with Crippen molar-refractivity contribution in [2.75, 3.05) is 11.6 Å². The zero-order valence-corrected chi connectivity index (χ0v) is 16.5. The van der Waals surface area contributed by atoms with Gasteiger partial charge in [0.15, 0.2) is 11.5 Å². The van der Waals surface area contributed by atoms with Crippen LogP contribution in [0, 0.1) is 0 Å². The fraction of sp³-hybridized carbons (Fsp3) is 0.158. The minimum atomic E-state index is -0.234. The molecule has 0 saturated heterocycles. The first-order chi connectivity index (χ1) is 12.4. The third-order valence-electron chi connectivity index (χ3n) is 3.81. The number of phenols is 1. The van der Waals surface area contributed by atoms with Gasteiger partial charge in [-0.15, -0.1) is 0 Å². The zero-order valence-electron chi connectivity index (χ0n) is 14.2. The van der Waals surface area contributed by atoms with E-state index in [1.54, 1.807) is 49.4 Å². The Morgan fingerprint density at radius 1 is 1.31 bits per heavy atom. The molecule has 5 nitrogen and oxygen atoms in total. The van der Waals surface area contributed by atoms with Gasteiger partial charge in [0.2, 0.25) is 0 Å². The molecular weight excluding hydrogens is 420 g/mol. The molecule has 0 unspecified atom stereocenters. The molecule has 0 aliphatic carbocycles. The Morgan fingerprint density at radius 3 is 2.65 bits per heavy atom. The summed E-state index contributed by atoms with van der Waals surface area (Å²) in [5.74, 6) is 0.159. The number of anilines is 1. The molecule has 1 aliphatic rings. The van der Waals surface area contributed by atoms with Gasteiger partial charge in [-0.2, -0.15) is 10.1 Å². The molecule has 0 aromatic heterocycles. The van der Waals surface area contributed by atoms with E-state index in [1.807, 2.05) is 6.92 Å². The molecule has 2 aromatic carbocycles. The quantitative estimate of drug-likeness (QED) is 0.687. The lowest BCUT2D eigenvalue weighted by Crippen LogP contribution is -2.21. The van der Waals surface area contributed by atoms with Gasteiger partial charge < -0.3 is 9.84 Å². The molecular formula is C19H16BrClN2O3. The van der Waals surface area contributed by atoms with Gasteiger partial charge in [0.05, 0.1) is 23.6 Å². The summed E-state index contributed by atoms with van der Waals surface area (Å²) in [6.45, 7) is 4.04. The van der Waals surface area contributed by atoms with Gasteiger partial charge in [-0.3, -0.25) is 4.79 Å². The maximum Gasteiger partial charge on any atom is 0.280 e. The summed E-state index contributed by atoms with van der Waals surface area (Å²) >= 11 is 9.31. The summed E-state index contributed by atoms with van der Waals surface area (Å²) in [7, 11) is 0. The second-order valence-corrected chi connectivity index (χ2v) is 6.90. The number of halogens is 2. The number of nitrogens with zero attached hydrogens (tertiary/aromatic N) is 2. The van der Waals surface area contributed by atoms with Gasteiger partial charge in [-0.1, -0.05) is 27.5 Å². The first-order valence-corrected chi connectivity index (χ1v) is 9.10. The van der Waals surface area contributed by atoms with E-state index in [9.17, 15) is 9.90 Å². The van der Waals surface area contributed by atoms with Crippen molar-refractivity contribution in [1.29, 1.82) is 0 Å². The van der Waals surface area contributed by atoms with Crippen molar-refractivity contribution in [2.45, 2.75) is 13.8 Å². The maximum absolute atomic E-state index is 12.8. The molecule has 3 rings (SSSR count). The highest BCUT2D eigenvalue weighted by atomic mass is 79.9. The number of carbonyl (C=O) groups is 1. The number of hydrazone groups is 1. The molecule has 1 N–H and O–H groups in total. The van der Waals surface area contributed by atoms with Crippen LogP contribution in [0.15, 0.2) is 51.5 Å². The van der Waals surface area contributed by atoms with Gasteiger partial charge >= 0.3 is 0 Å². The minimum absolute atomic E-state index is 0.0341. The van der Waals surface area contributed by atoms with Crippen molar-refractivity contribution in [3.8, 4) is 11.5 Å². The molecule has 1 aliphatic heterocycles. The number of phenolic OH excluding ortho intramolecular Hbond substituents is 1. The van der Waals surface area contributed by atoms with E-state index < -0.39 is 0 Å². The number of hydrogen-bond donors (Lipinski definition) is 1. The first kappa shape index (κ1) is 18.5. The third kappa shape index (κ3) is 3.61. The average molecular weight is 436 g/mol. The molecule has 2 aromatic rings. The molecule has 0 spiro atoms. The molecule has 134 valence electrons. The molecule has 0 atom stereocenters. The van der Waals surface area contributed by atoms with Gasteiger partial charge in [-0.05, 0) is 61.9 Å². The molecule has 0 radical (unpaired) electrons. The Hall–Kier alpha value is -2.31. The van der Waals surface area contributed by atoms with Crippen molar-refractivity contribution in [1.82, 2.24) is 0 Å². The summed E-state index contributed by atoms with van der Waals surface area (Å²) in [6, 6.07) is 10.1. The van der Waals surface area contributed by atoms with Crippen LogP contribution in [-0.4, -0.2) is 23.3 Å². The van der Waals surface area contributed by atoms with Crippen LogP contribution < -0.4 is 9.75 Å². The van der Waals surface area contributed by atoms with E-state index in [0.717, 1.165) is 0 Å². The van der Waals surface area contributed by atoms with E-state index in [-0.39, 0.29) is 11.7 Å². The number of hydrogen-bond acceptors (Lipinski definition) is 4. The Balaban J connectivity index is 1.97. The highest BCUT2D eigenvalue weighted by molar-refractivity contribution is 9.10. The van der Waals surface area contributed by atoms with Crippen LogP contribution in [0.1, 0.15) is 19.4 Å². The number of rotatable bonds is 4. The predicted molar refractivity (Wildman–Crippen MR) is 107 cm³/mol. The van der Waals surface area contributed by atoms with Crippen LogP contribution in [0.5, 0.6) is 11.5 Å². The van der Waals surface area contributed by atoms with Crippen LogP contribution in [0.4, 0.5) is 5.69 Å². The van der Waals surface area contributed by atoms with Gasteiger partial charge in [0.1, 0.15) is 0 Å². The number of benzene rings is 2. The predicted octanol–water partition coefficient (Wildman–Crippen LogP) is 5.01. The lowest BCUT2D eigenvalue weighted by Gasteiger charge is -2.12. The van der Waals surface area contributed by atoms with E-state index in [1.165, 1.54) is 5.01 Å². The SMILES string of the molecule is CCOc1cc(/C=C2/C(=O)N(c3ccc(Cl)cc3)N=C2C)c(Br)cc1O. The van der Waals surface area contributed by atoms with E-state index in [4.69, 9.17) is 16.3 Å². The van der Waals surface area contributed by atoms with Crippen LogP contribution >= 0.6 is 27.5 Å². The van der Waals surface area contributed by atoms with Crippen LogP contribution in [0.25, 0.3) is 6.08 Å². The van der Waals surface area contributed by atoms with Crippen molar-refractivity contribution >= 4 is 50.9 Å². The Kier molecular flexibility index (Phi) is 5.34. The molecule has 1 heterocycles. The largest absolute Gasteiger partial charge is 0.504 e. The maximum atomic E-state index is 12.8. The van der Waals surface area contributed by atoms with Gasteiger partial charge in [-0.25, -0.2) is 0 Å². The molecule has 0 fully saturated rings. The van der Waals surface area contributed by atoms with E-state index in [0.29, 0.717) is 44.4 Å². The normalized spacial score (nSPS) is 15.5. The standard InChI is InChI=1S/C19H16BrClN2O3/c1-3-26-18-9-12(16(20)10-17(18)24)8-15-11(2)22-23(19(15)25)14-6-4-13(21)5-7-14/h4-10,24H,3H2,1-2H3/b15-8+. The van der Waals surface area contributed by atoms with Crippen LogP contribution in [0.3, 0.4) is 0 Å². The minimum Gasteiger partial charge on any atom is -0.504 e. The number of ether oxygens (including phenoxy) is 1. The summed E-state index contributed by atoms with van der Waals surface area (Å²) in [6.07, 6.45) is 1.73. The van der Waals surface area contributed by atoms with Crippen LogP contribution in [0.2, 0.25) is 5.02 Å². The van der Waals surface area contributed by atoms with Gasteiger partial charge in [0.25, 0.3) is 5.91 Å². The van der Waals surface area contributed by atoms with E-state index in [2.05, 4.69) is 21.0 Å². The summed E-state index contributed by atoms with van der Waals surface area (Å²) in [4.78, 5) is 12.8. The zero-order chi connectivity index (χ0) is 18.8. The highest BCUT2D eigenvalue weighted by Crippen LogP contribution is 2.35. The Morgan fingerprint density at radius 2 is 2.00 bits per heavy atom. The second kappa shape index (κ2) is 7.51. The fourth-order valence-corrected chi connectivity index (χ4v) is 3.11. The fourth-order valence-electron chi connectivity index (χ4n) is 2.54. The first-order valence-electron chi connectivity index (χ1n) is 7.93. The van der Waals surface area contributed by atoms with Crippen molar-refractivity contribution in [3.05, 3.63) is 57.0 Å². The number of amides is 1. The topological polar surface area (TPSA) is 62.1 Å². The number of carbonyl (C=O) groups excluding carboxylic acids is 1. The summed E-state index contributed by atoms with van der Waals surface area (Å²) < 4.78 is 6.06. The molecule has 1 amide bonds. The molecule has 7 heteroatoms. The second-order valence-electron chi connectivity index (χ2n) is 5.61. The van der Waals surface area contributed by atoms with Crippen LogP contribution in [-0.2, 0) is 4.79 Å². The monoisotopic (exact) mass is 434 g/mol. The van der Waals surface area contributed by atoms with Crippen molar-refractivity contribution < 1.29 is 14.6 Å². The van der Waals surface area contributed by atoms with Gasteiger partial charge in [0, 0.05) is 9.50 Å². The van der Waals surface area contributed by atoms with Crippen molar-refractivity contribution in [2.24, 2.45) is 5.10 Å². The van der Waals surface area contributed by atoms with Crippen molar-refractivity contribution in [3.63, 3.8) is 0 Å². The smallest absolute Gasteiger partial charge is 0.280 e. The third-order valence-corrected chi connectivity index (χ3v) is 4.75. The lowest BCUT2D eigenvalue weighted by atomic mass is 10.1. The number of aromatic hydroxyl groups is 1. The Bertz CT molecular complexity index is 923. The summed E-state index contributed by atoms with van der Waals surface area (Å²) in [5, 5.41) is 16.2. The summed E-state index contributed by atoms with van der Waals surface area (Å²) in [5.41, 5.74) is 2.42. The molecule has 0 saturated carbocycles. The lowest BCUT2D eigenvalue weighted by molar-refractivity contribution is -0.114. The van der Waals surface area contributed by atoms with E-state index >= 15 is 0 Å². The average Bonchev–Trinajstić information content (AvgIpc) is 2.88. The Labute approximate surface area is 164 Å². The molecule has 26 heavy (non-hydrogen) atoms.